The minimum atomic E-state index is -1.03. The van der Waals surface area contributed by atoms with Gasteiger partial charge in [0.1, 0.15) is 23.3 Å². The Morgan fingerprint density at radius 2 is 1.60 bits per heavy atom. The van der Waals surface area contributed by atoms with Crippen molar-refractivity contribution in [1.29, 1.82) is 0 Å². The van der Waals surface area contributed by atoms with Gasteiger partial charge < -0.3 is 14.9 Å². The van der Waals surface area contributed by atoms with Crippen molar-refractivity contribution in [2.45, 2.75) is 13.0 Å². The molecule has 0 saturated heterocycles. The van der Waals surface area contributed by atoms with Crippen molar-refractivity contribution in [2.24, 2.45) is 0 Å². The number of hydrogen-bond acceptors (Lipinski definition) is 6. The Labute approximate surface area is 227 Å². The molecule has 40 heavy (non-hydrogen) atoms. The number of carboxylic acids is 1. The molecule has 0 fully saturated rings. The SMILES string of the molecule is C[C@H](NC(=O)c1cc(-c2cnoc2)cc2ncc(C(=O)c3ccc4ccccc4c3)n12)c1ccc(C(=O)O)cc1. The number of imidazole rings is 1. The number of pyridine rings is 1. The third-order valence-corrected chi connectivity index (χ3v) is 6.85. The van der Waals surface area contributed by atoms with Gasteiger partial charge in [0, 0.05) is 11.1 Å². The molecule has 0 aliphatic carbocycles. The molecule has 2 N–H and O–H groups in total. The molecule has 196 valence electrons. The summed E-state index contributed by atoms with van der Waals surface area (Å²) in [5, 5.41) is 17.8. The van der Waals surface area contributed by atoms with Gasteiger partial charge in [0.2, 0.25) is 5.78 Å². The van der Waals surface area contributed by atoms with Crippen LogP contribution >= 0.6 is 0 Å². The maximum absolute atomic E-state index is 13.7. The number of aromatic nitrogens is 3. The molecule has 3 heterocycles. The fraction of sp³-hybridized carbons (Fsp3) is 0.0645. The van der Waals surface area contributed by atoms with E-state index in [2.05, 4.69) is 15.5 Å². The quantitative estimate of drug-likeness (QED) is 0.259. The Kier molecular flexibility index (Phi) is 6.16. The summed E-state index contributed by atoms with van der Waals surface area (Å²) >= 11 is 0. The van der Waals surface area contributed by atoms with Crippen molar-refractivity contribution in [2.75, 3.05) is 0 Å². The first kappa shape index (κ1) is 24.7. The number of rotatable bonds is 7. The molecule has 9 heteroatoms. The Morgan fingerprint density at radius 3 is 2.33 bits per heavy atom. The number of fused-ring (bicyclic) bond motifs is 2. The summed E-state index contributed by atoms with van der Waals surface area (Å²) < 4.78 is 6.54. The first-order valence-corrected chi connectivity index (χ1v) is 12.5. The van der Waals surface area contributed by atoms with Crippen molar-refractivity contribution in [1.82, 2.24) is 19.9 Å². The van der Waals surface area contributed by atoms with E-state index in [0.717, 1.165) is 16.3 Å². The fourth-order valence-electron chi connectivity index (χ4n) is 4.70. The lowest BCUT2D eigenvalue weighted by Gasteiger charge is -2.17. The number of aromatic carboxylic acids is 1. The normalized spacial score (nSPS) is 11.9. The van der Waals surface area contributed by atoms with E-state index in [-0.39, 0.29) is 22.7 Å². The van der Waals surface area contributed by atoms with Crippen LogP contribution in [0.5, 0.6) is 0 Å². The number of amides is 1. The lowest BCUT2D eigenvalue weighted by molar-refractivity contribution is 0.0696. The van der Waals surface area contributed by atoms with Crippen LogP contribution < -0.4 is 5.32 Å². The molecule has 3 aromatic carbocycles. The van der Waals surface area contributed by atoms with Crippen LogP contribution in [0.25, 0.3) is 27.5 Å². The predicted molar refractivity (Wildman–Crippen MR) is 147 cm³/mol. The minimum absolute atomic E-state index is 0.153. The lowest BCUT2D eigenvalue weighted by atomic mass is 10.0. The number of nitrogens with zero attached hydrogens (tertiary/aromatic N) is 3. The summed E-state index contributed by atoms with van der Waals surface area (Å²) in [6, 6.07) is 22.5. The Morgan fingerprint density at radius 1 is 0.850 bits per heavy atom. The molecule has 6 rings (SSSR count). The third kappa shape index (κ3) is 4.49. The van der Waals surface area contributed by atoms with Crippen LogP contribution in [-0.4, -0.2) is 37.3 Å². The molecule has 0 radical (unpaired) electrons. The van der Waals surface area contributed by atoms with Crippen molar-refractivity contribution in [3.05, 3.63) is 126 Å². The maximum Gasteiger partial charge on any atom is 0.335 e. The number of carbonyl (C=O) groups excluding carboxylic acids is 2. The summed E-state index contributed by atoms with van der Waals surface area (Å²) in [7, 11) is 0. The van der Waals surface area contributed by atoms with E-state index in [4.69, 9.17) is 4.52 Å². The number of hydrogen-bond donors (Lipinski definition) is 2. The highest BCUT2D eigenvalue weighted by Gasteiger charge is 2.23. The van der Waals surface area contributed by atoms with Crippen molar-refractivity contribution in [3.8, 4) is 11.1 Å². The average Bonchev–Trinajstić information content (AvgIpc) is 3.67. The molecule has 6 aromatic rings. The summed E-state index contributed by atoms with van der Waals surface area (Å²) in [6.07, 6.45) is 4.46. The molecule has 9 nitrogen and oxygen atoms in total. The van der Waals surface area contributed by atoms with E-state index in [1.165, 1.54) is 30.8 Å². The van der Waals surface area contributed by atoms with E-state index in [1.54, 1.807) is 41.7 Å². The van der Waals surface area contributed by atoms with Crippen molar-refractivity contribution in [3.63, 3.8) is 0 Å². The van der Waals surface area contributed by atoms with E-state index in [9.17, 15) is 19.5 Å². The van der Waals surface area contributed by atoms with Gasteiger partial charge >= 0.3 is 5.97 Å². The summed E-state index contributed by atoms with van der Waals surface area (Å²) in [5.74, 6) is -1.74. The van der Waals surface area contributed by atoms with Crippen LogP contribution in [0.2, 0.25) is 0 Å². The molecule has 0 bridgehead atoms. The van der Waals surface area contributed by atoms with E-state index < -0.39 is 17.9 Å². The van der Waals surface area contributed by atoms with E-state index in [0.29, 0.717) is 22.3 Å². The topological polar surface area (TPSA) is 127 Å². The molecular formula is C31H22N4O5. The smallest absolute Gasteiger partial charge is 0.335 e. The van der Waals surface area contributed by atoms with Crippen LogP contribution in [0.4, 0.5) is 0 Å². The van der Waals surface area contributed by atoms with Crippen LogP contribution in [0.3, 0.4) is 0 Å². The minimum Gasteiger partial charge on any atom is -0.478 e. The molecule has 1 amide bonds. The highest BCUT2D eigenvalue weighted by atomic mass is 16.5. The molecular weight excluding hydrogens is 508 g/mol. The van der Waals surface area contributed by atoms with Gasteiger partial charge in [0.15, 0.2) is 0 Å². The average molecular weight is 531 g/mol. The standard InChI is InChI=1S/C31H22N4O5/c1-18(19-6-9-21(10-7-19)31(38)39)34-30(37)26-13-24(25-15-33-40-17-25)14-28-32-16-27(35(26)28)29(36)23-11-8-20-4-2-3-5-22(20)12-23/h2-18H,1H3,(H,34,37)(H,38,39)/t18-/m0/s1. The Hall–Kier alpha value is -5.57. The molecule has 0 aliphatic rings. The molecule has 0 spiro atoms. The highest BCUT2D eigenvalue weighted by Crippen LogP contribution is 2.26. The van der Waals surface area contributed by atoms with Gasteiger partial charge in [-0.25, -0.2) is 9.78 Å². The van der Waals surface area contributed by atoms with Gasteiger partial charge in [-0.05, 0) is 59.2 Å². The second-order valence-electron chi connectivity index (χ2n) is 9.39. The number of ketones is 1. The van der Waals surface area contributed by atoms with Gasteiger partial charge in [0.25, 0.3) is 5.91 Å². The largest absolute Gasteiger partial charge is 0.478 e. The summed E-state index contributed by atoms with van der Waals surface area (Å²) in [6.45, 7) is 1.80. The van der Waals surface area contributed by atoms with Crippen molar-refractivity contribution < 1.29 is 24.0 Å². The van der Waals surface area contributed by atoms with Crippen LogP contribution in [0, 0.1) is 0 Å². The van der Waals surface area contributed by atoms with Crippen molar-refractivity contribution >= 4 is 34.1 Å². The highest BCUT2D eigenvalue weighted by molar-refractivity contribution is 6.10. The predicted octanol–water partition coefficient (Wildman–Crippen LogP) is 5.56. The third-order valence-electron chi connectivity index (χ3n) is 6.85. The summed E-state index contributed by atoms with van der Waals surface area (Å²) in [4.78, 5) is 43.1. The summed E-state index contributed by atoms with van der Waals surface area (Å²) in [5.41, 5.74) is 3.50. The first-order chi connectivity index (χ1) is 19.4. The van der Waals surface area contributed by atoms with Crippen LogP contribution in [0.1, 0.15) is 55.4 Å². The lowest BCUT2D eigenvalue weighted by Crippen LogP contribution is -2.29. The fourth-order valence-corrected chi connectivity index (χ4v) is 4.70. The number of carboxylic acid groups (broad SMARTS) is 1. The van der Waals surface area contributed by atoms with Gasteiger partial charge in [-0.2, -0.15) is 0 Å². The Balaban J connectivity index is 1.41. The van der Waals surface area contributed by atoms with Crippen LogP contribution in [0.15, 0.2) is 102 Å². The molecule has 0 unspecified atom stereocenters. The monoisotopic (exact) mass is 530 g/mol. The second kappa shape index (κ2) is 9.95. The Bertz CT molecular complexity index is 1910. The molecule has 0 aliphatic heterocycles. The maximum atomic E-state index is 13.7. The zero-order valence-electron chi connectivity index (χ0n) is 21.2. The number of nitrogens with one attached hydrogen (secondary N) is 1. The molecule has 0 saturated carbocycles. The van der Waals surface area contributed by atoms with Gasteiger partial charge in [-0.1, -0.05) is 53.7 Å². The zero-order chi connectivity index (χ0) is 27.8. The van der Waals surface area contributed by atoms with Gasteiger partial charge in [0.05, 0.1) is 24.0 Å². The van der Waals surface area contributed by atoms with E-state index in [1.807, 2.05) is 36.4 Å². The van der Waals surface area contributed by atoms with Gasteiger partial charge in [-0.3, -0.25) is 14.0 Å². The zero-order valence-corrected chi connectivity index (χ0v) is 21.2. The molecule has 3 aromatic heterocycles. The number of benzene rings is 3. The number of carbonyl (C=O) groups is 3. The second-order valence-corrected chi connectivity index (χ2v) is 9.39. The van der Waals surface area contributed by atoms with E-state index >= 15 is 0 Å². The van der Waals surface area contributed by atoms with Crippen LogP contribution in [-0.2, 0) is 0 Å². The molecule has 1 atom stereocenters. The first-order valence-electron chi connectivity index (χ1n) is 12.5. The van der Waals surface area contributed by atoms with Gasteiger partial charge in [-0.15, -0.1) is 0 Å².